The molecule has 0 radical (unpaired) electrons. The maximum atomic E-state index is 13.8. The molecule has 1 saturated carbocycles. The molecule has 5 rings (SSSR count). The van der Waals surface area contributed by atoms with Crippen LogP contribution in [0.3, 0.4) is 0 Å². The molecule has 0 aromatic carbocycles. The molecule has 4 heterocycles. The number of amides is 1. The fraction of sp³-hybridized carbons (Fsp3) is 0.609. The summed E-state index contributed by atoms with van der Waals surface area (Å²) in [6.45, 7) is 0.486. The van der Waals surface area contributed by atoms with E-state index in [4.69, 9.17) is 10.3 Å². The van der Waals surface area contributed by atoms with Gasteiger partial charge >= 0.3 is 0 Å². The number of fused-ring (bicyclic) bond motifs is 2. The van der Waals surface area contributed by atoms with Crippen molar-refractivity contribution < 1.29 is 17.7 Å². The second kappa shape index (κ2) is 9.15. The van der Waals surface area contributed by atoms with Crippen molar-refractivity contribution in [3.05, 3.63) is 41.5 Å². The summed E-state index contributed by atoms with van der Waals surface area (Å²) in [6.07, 6.45) is 8.76. The van der Waals surface area contributed by atoms with Crippen LogP contribution >= 0.6 is 0 Å². The van der Waals surface area contributed by atoms with Gasteiger partial charge in [0.05, 0.1) is 5.69 Å². The van der Waals surface area contributed by atoms with Gasteiger partial charge in [0.1, 0.15) is 10.7 Å². The fourth-order valence-corrected chi connectivity index (χ4v) is 7.39. The van der Waals surface area contributed by atoms with Crippen LogP contribution in [0.4, 0.5) is 0 Å². The molecule has 2 saturated heterocycles. The summed E-state index contributed by atoms with van der Waals surface area (Å²) < 4.78 is 34.5. The van der Waals surface area contributed by atoms with E-state index >= 15 is 0 Å². The molecule has 1 amide bonds. The summed E-state index contributed by atoms with van der Waals surface area (Å²) in [6, 6.07) is 4.68. The Bertz CT molecular complexity index is 1100. The second-order valence-corrected chi connectivity index (χ2v) is 11.3. The number of aryl methyl sites for hydroxylation is 1. The van der Waals surface area contributed by atoms with Crippen LogP contribution in [0.15, 0.2) is 33.8 Å². The Morgan fingerprint density at radius 1 is 1.21 bits per heavy atom. The third-order valence-corrected chi connectivity index (χ3v) is 9.08. The lowest BCUT2D eigenvalue weighted by atomic mass is 9.84. The molecule has 2 bridgehead atoms. The zero-order valence-corrected chi connectivity index (χ0v) is 19.5. The number of hydrogen-bond donors (Lipinski definition) is 2. The van der Waals surface area contributed by atoms with Crippen LogP contribution in [0, 0.1) is 0 Å². The molecule has 3 N–H and O–H groups in total. The van der Waals surface area contributed by atoms with Crippen molar-refractivity contribution in [3.8, 4) is 0 Å². The molecule has 10 heteroatoms. The first kappa shape index (κ1) is 22.5. The van der Waals surface area contributed by atoms with Crippen LogP contribution in [-0.4, -0.2) is 53.4 Å². The van der Waals surface area contributed by atoms with Gasteiger partial charge in [0.25, 0.3) is 5.91 Å². The molecule has 2 atom stereocenters. The maximum Gasteiger partial charge on any atom is 0.273 e. The highest BCUT2D eigenvalue weighted by Crippen LogP contribution is 2.41. The first-order valence-electron chi connectivity index (χ1n) is 11.9. The SMILES string of the molecule is NCCCc1ncccc1S(=O)(=O)N1C2CCCC1CC(NC(=O)c1cc(C3CC3)on1)C2. The highest BCUT2D eigenvalue weighted by molar-refractivity contribution is 7.89. The molecule has 2 unspecified atom stereocenters. The first-order valence-corrected chi connectivity index (χ1v) is 13.4. The molecule has 3 fully saturated rings. The smallest absolute Gasteiger partial charge is 0.273 e. The molecule has 2 aromatic rings. The van der Waals surface area contributed by atoms with Crippen molar-refractivity contribution in [3.63, 3.8) is 0 Å². The molecule has 2 aromatic heterocycles. The molecular formula is C23H31N5O4S. The number of sulfonamides is 1. The zero-order chi connectivity index (χ0) is 23.0. The van der Waals surface area contributed by atoms with Crippen LogP contribution < -0.4 is 11.1 Å². The quantitative estimate of drug-likeness (QED) is 0.601. The normalized spacial score (nSPS) is 25.7. The van der Waals surface area contributed by atoms with Gasteiger partial charge in [0.15, 0.2) is 5.69 Å². The van der Waals surface area contributed by atoms with Gasteiger partial charge in [-0.15, -0.1) is 0 Å². The van der Waals surface area contributed by atoms with Gasteiger partial charge in [0.2, 0.25) is 10.0 Å². The molecule has 1 aliphatic carbocycles. The number of carbonyl (C=O) groups excluding carboxylic acids is 1. The van der Waals surface area contributed by atoms with Gasteiger partial charge in [-0.3, -0.25) is 9.78 Å². The lowest BCUT2D eigenvalue weighted by Crippen LogP contribution is -2.58. The Labute approximate surface area is 194 Å². The maximum absolute atomic E-state index is 13.8. The Hall–Kier alpha value is -2.30. The van der Waals surface area contributed by atoms with E-state index in [2.05, 4.69) is 15.5 Å². The summed E-state index contributed by atoms with van der Waals surface area (Å²) in [5.74, 6) is 0.926. The topological polar surface area (TPSA) is 131 Å². The largest absolute Gasteiger partial charge is 0.360 e. The van der Waals surface area contributed by atoms with Gasteiger partial charge in [-0.1, -0.05) is 11.6 Å². The van der Waals surface area contributed by atoms with Gasteiger partial charge < -0.3 is 15.6 Å². The van der Waals surface area contributed by atoms with Gasteiger partial charge in [-0.05, 0) is 70.0 Å². The predicted molar refractivity (Wildman–Crippen MR) is 121 cm³/mol. The van der Waals surface area contributed by atoms with E-state index in [-0.39, 0.29) is 28.9 Å². The minimum absolute atomic E-state index is 0.0917. The van der Waals surface area contributed by atoms with E-state index in [9.17, 15) is 13.2 Å². The van der Waals surface area contributed by atoms with Crippen molar-refractivity contribution in [2.45, 2.75) is 86.7 Å². The Morgan fingerprint density at radius 2 is 1.97 bits per heavy atom. The van der Waals surface area contributed by atoms with E-state index in [1.54, 1.807) is 28.7 Å². The Balaban J connectivity index is 1.32. The number of carbonyl (C=O) groups is 1. The number of pyridine rings is 1. The van der Waals surface area contributed by atoms with Crippen molar-refractivity contribution in [1.82, 2.24) is 19.8 Å². The predicted octanol–water partition coefficient (Wildman–Crippen LogP) is 2.34. The van der Waals surface area contributed by atoms with E-state index in [1.165, 1.54) is 0 Å². The van der Waals surface area contributed by atoms with E-state index in [0.29, 0.717) is 49.5 Å². The van der Waals surface area contributed by atoms with Crippen LogP contribution in [0.2, 0.25) is 0 Å². The highest BCUT2D eigenvalue weighted by atomic mass is 32.2. The second-order valence-electron chi connectivity index (χ2n) is 9.44. The molecule has 2 aliphatic heterocycles. The highest BCUT2D eigenvalue weighted by Gasteiger charge is 2.46. The van der Waals surface area contributed by atoms with Crippen LogP contribution in [0.1, 0.15) is 79.2 Å². The molecular weight excluding hydrogens is 442 g/mol. The first-order chi connectivity index (χ1) is 16.0. The summed E-state index contributed by atoms with van der Waals surface area (Å²) in [5, 5.41) is 7.01. The van der Waals surface area contributed by atoms with E-state index in [0.717, 1.165) is 37.9 Å². The Morgan fingerprint density at radius 3 is 2.67 bits per heavy atom. The minimum Gasteiger partial charge on any atom is -0.360 e. The van der Waals surface area contributed by atoms with Crippen molar-refractivity contribution in [1.29, 1.82) is 0 Å². The average molecular weight is 474 g/mol. The summed E-state index contributed by atoms with van der Waals surface area (Å²) in [4.78, 5) is 17.4. The number of aromatic nitrogens is 2. The van der Waals surface area contributed by atoms with Gasteiger partial charge in [0, 0.05) is 36.3 Å². The average Bonchev–Trinajstić information content (AvgIpc) is 3.53. The standard InChI is InChI=1S/C23H31N5O4S/c24-10-2-6-19-22(7-3-11-25-19)33(30,31)28-17-4-1-5-18(28)13-16(12-17)26-23(29)20-14-21(32-27-20)15-8-9-15/h3,7,11,14-18H,1-2,4-6,8-10,12-13,24H2,(H,26,29). The summed E-state index contributed by atoms with van der Waals surface area (Å²) in [7, 11) is -3.70. The lowest BCUT2D eigenvalue weighted by Gasteiger charge is -2.47. The number of nitrogens with zero attached hydrogens (tertiary/aromatic N) is 3. The molecule has 33 heavy (non-hydrogen) atoms. The summed E-state index contributed by atoms with van der Waals surface area (Å²) in [5.41, 5.74) is 6.52. The number of rotatable bonds is 8. The monoisotopic (exact) mass is 473 g/mol. The van der Waals surface area contributed by atoms with Crippen LogP contribution in [-0.2, 0) is 16.4 Å². The third-order valence-electron chi connectivity index (χ3n) is 7.01. The molecule has 3 aliphatic rings. The molecule has 0 spiro atoms. The fourth-order valence-electron chi connectivity index (χ4n) is 5.29. The van der Waals surface area contributed by atoms with E-state index in [1.807, 2.05) is 0 Å². The number of nitrogens with two attached hydrogens (primary N) is 1. The number of piperidine rings is 2. The van der Waals surface area contributed by atoms with Gasteiger partial charge in [-0.2, -0.15) is 4.31 Å². The molecule has 9 nitrogen and oxygen atoms in total. The van der Waals surface area contributed by atoms with Gasteiger partial charge in [-0.25, -0.2) is 8.42 Å². The van der Waals surface area contributed by atoms with Crippen LogP contribution in [0.5, 0.6) is 0 Å². The minimum atomic E-state index is -3.70. The summed E-state index contributed by atoms with van der Waals surface area (Å²) >= 11 is 0. The third kappa shape index (κ3) is 4.56. The molecule has 178 valence electrons. The Kier molecular flexibility index (Phi) is 6.24. The van der Waals surface area contributed by atoms with E-state index < -0.39 is 10.0 Å². The van der Waals surface area contributed by atoms with Crippen molar-refractivity contribution in [2.24, 2.45) is 5.73 Å². The van der Waals surface area contributed by atoms with Crippen molar-refractivity contribution >= 4 is 15.9 Å². The number of hydrogen-bond acceptors (Lipinski definition) is 7. The lowest BCUT2D eigenvalue weighted by molar-refractivity contribution is 0.0789. The van der Waals surface area contributed by atoms with Crippen molar-refractivity contribution in [2.75, 3.05) is 6.54 Å². The zero-order valence-electron chi connectivity index (χ0n) is 18.7. The number of nitrogens with one attached hydrogen (secondary N) is 1. The van der Waals surface area contributed by atoms with Crippen LogP contribution in [0.25, 0.3) is 0 Å².